The van der Waals surface area contributed by atoms with Crippen molar-refractivity contribution in [2.75, 3.05) is 13.2 Å². The van der Waals surface area contributed by atoms with E-state index in [2.05, 4.69) is 9.65 Å². The molecule has 32 heavy (non-hydrogen) atoms. The molecule has 2 aromatic rings. The molecule has 3 fully saturated rings. The van der Waals surface area contributed by atoms with Crippen molar-refractivity contribution in [3.8, 4) is 0 Å². The minimum atomic E-state index is -1.74. The maximum absolute atomic E-state index is 15.5. The molecule has 4 heterocycles. The standard InChI is InChI=1S/C21H25FN3O6P/c1-21(13-6-3-2-4-7-13)15-8-5-10-25(15)32(31-21)30-18-14(12-26)29-19(17(18)22)24-11-9-16(27)23-20(24)28/h2-4,6-7,9,11,14-15,17-19,26H,5,8,10,12H2,1H3,(H,23,27,28)/t14-,15-,17+,18?,19-,21+,32-/m1/s1. The number of hydrogen-bond donors (Lipinski definition) is 2. The number of ether oxygens (including phenoxy) is 1. The largest absolute Gasteiger partial charge is 0.394 e. The van der Waals surface area contributed by atoms with Crippen LogP contribution in [0.1, 0.15) is 31.6 Å². The van der Waals surface area contributed by atoms with Crippen molar-refractivity contribution in [3.05, 3.63) is 69.0 Å². The first-order valence-electron chi connectivity index (χ1n) is 10.6. The summed E-state index contributed by atoms with van der Waals surface area (Å²) in [7, 11) is -1.61. The van der Waals surface area contributed by atoms with Gasteiger partial charge in [0.2, 0.25) is 0 Å². The lowest BCUT2D eigenvalue weighted by atomic mass is 9.87. The SMILES string of the molecule is C[C@@]1(c2ccccc2)O[P@@](OC2[C@@H](CO)O[C@@H](n3ccc(=O)[nH]c3=O)[C@H]2F)N2CCC[C@@H]21. The van der Waals surface area contributed by atoms with Gasteiger partial charge in [-0.1, -0.05) is 30.3 Å². The van der Waals surface area contributed by atoms with E-state index in [1.165, 1.54) is 6.20 Å². The molecule has 5 rings (SSSR count). The van der Waals surface area contributed by atoms with Crippen molar-refractivity contribution in [1.82, 2.24) is 14.2 Å². The Morgan fingerprint density at radius 1 is 1.31 bits per heavy atom. The number of fused-ring (bicyclic) bond motifs is 1. The molecule has 11 heteroatoms. The lowest BCUT2D eigenvalue weighted by Crippen LogP contribution is -2.37. The van der Waals surface area contributed by atoms with Crippen molar-refractivity contribution < 1.29 is 23.3 Å². The summed E-state index contributed by atoms with van der Waals surface area (Å²) in [6.07, 6.45) is -2.08. The number of nitrogens with zero attached hydrogens (tertiary/aromatic N) is 2. The van der Waals surface area contributed by atoms with Crippen LogP contribution in [0.2, 0.25) is 0 Å². The number of nitrogens with one attached hydrogen (secondary N) is 1. The molecule has 7 atom stereocenters. The monoisotopic (exact) mass is 465 g/mol. The Kier molecular flexibility index (Phi) is 5.77. The summed E-state index contributed by atoms with van der Waals surface area (Å²) in [5.74, 6) is 0. The van der Waals surface area contributed by atoms with Crippen molar-refractivity contribution >= 4 is 8.53 Å². The number of benzene rings is 1. The summed E-state index contributed by atoms with van der Waals surface area (Å²) < 4.78 is 36.8. The summed E-state index contributed by atoms with van der Waals surface area (Å²) in [4.78, 5) is 25.6. The van der Waals surface area contributed by atoms with Crippen molar-refractivity contribution in [3.63, 3.8) is 0 Å². The Bertz CT molecular complexity index is 1080. The molecule has 0 aliphatic carbocycles. The van der Waals surface area contributed by atoms with Gasteiger partial charge in [0.25, 0.3) is 14.1 Å². The topological polar surface area (TPSA) is 106 Å². The minimum Gasteiger partial charge on any atom is -0.394 e. The lowest BCUT2D eigenvalue weighted by molar-refractivity contribution is -0.0477. The van der Waals surface area contributed by atoms with Crippen LogP contribution in [-0.2, 0) is 19.4 Å². The maximum Gasteiger partial charge on any atom is 0.330 e. The third-order valence-electron chi connectivity index (χ3n) is 6.47. The zero-order valence-electron chi connectivity index (χ0n) is 17.5. The van der Waals surface area contributed by atoms with Crippen molar-refractivity contribution in [1.29, 1.82) is 0 Å². The first-order chi connectivity index (χ1) is 15.4. The van der Waals surface area contributed by atoms with E-state index >= 15 is 4.39 Å². The fraction of sp³-hybridized carbons (Fsp3) is 0.524. The average molecular weight is 465 g/mol. The highest BCUT2D eigenvalue weighted by Gasteiger charge is 2.57. The highest BCUT2D eigenvalue weighted by atomic mass is 31.2. The van der Waals surface area contributed by atoms with Crippen LogP contribution >= 0.6 is 8.53 Å². The number of alkyl halides is 1. The number of H-pyrrole nitrogens is 1. The van der Waals surface area contributed by atoms with Crippen LogP contribution in [0.5, 0.6) is 0 Å². The summed E-state index contributed by atoms with van der Waals surface area (Å²) in [6.45, 7) is 2.32. The molecular formula is C21H25FN3O6P. The van der Waals surface area contributed by atoms with Gasteiger partial charge in [-0.3, -0.25) is 14.3 Å². The Morgan fingerprint density at radius 2 is 2.09 bits per heavy atom. The summed E-state index contributed by atoms with van der Waals surface area (Å²) >= 11 is 0. The molecule has 1 aromatic heterocycles. The average Bonchev–Trinajstić information content (AvgIpc) is 3.46. The van der Waals surface area contributed by atoms with E-state index in [4.69, 9.17) is 13.8 Å². The van der Waals surface area contributed by atoms with E-state index in [9.17, 15) is 14.7 Å². The highest BCUT2D eigenvalue weighted by molar-refractivity contribution is 7.45. The highest BCUT2D eigenvalue weighted by Crippen LogP contribution is 2.64. The van der Waals surface area contributed by atoms with Gasteiger partial charge in [-0.05, 0) is 25.3 Å². The van der Waals surface area contributed by atoms with Gasteiger partial charge in [0.15, 0.2) is 12.4 Å². The van der Waals surface area contributed by atoms with Crippen LogP contribution in [0.15, 0.2) is 52.2 Å². The number of halogens is 1. The van der Waals surface area contributed by atoms with E-state index in [0.29, 0.717) is 0 Å². The second-order valence-corrected chi connectivity index (χ2v) is 9.79. The molecule has 9 nitrogen and oxygen atoms in total. The molecule has 0 radical (unpaired) electrons. The first-order valence-corrected chi connectivity index (χ1v) is 11.8. The normalized spacial score (nSPS) is 37.1. The third kappa shape index (κ3) is 3.55. The Labute approximate surface area is 184 Å². The molecular weight excluding hydrogens is 440 g/mol. The van der Waals surface area contributed by atoms with Gasteiger partial charge in [0.1, 0.15) is 17.8 Å². The first kappa shape index (κ1) is 21.9. The molecule has 0 spiro atoms. The minimum absolute atomic E-state index is 0.0987. The van der Waals surface area contributed by atoms with E-state index in [-0.39, 0.29) is 6.04 Å². The zero-order chi connectivity index (χ0) is 22.5. The Morgan fingerprint density at radius 3 is 2.81 bits per heavy atom. The summed E-state index contributed by atoms with van der Waals surface area (Å²) in [6, 6.07) is 11.1. The maximum atomic E-state index is 15.5. The van der Waals surface area contributed by atoms with Gasteiger partial charge >= 0.3 is 5.69 Å². The van der Waals surface area contributed by atoms with Gasteiger partial charge < -0.3 is 18.9 Å². The van der Waals surface area contributed by atoms with E-state index in [0.717, 1.165) is 35.6 Å². The van der Waals surface area contributed by atoms with E-state index in [1.54, 1.807) is 0 Å². The molecule has 3 aliphatic rings. The smallest absolute Gasteiger partial charge is 0.330 e. The van der Waals surface area contributed by atoms with Gasteiger partial charge in [-0.25, -0.2) is 13.9 Å². The predicted molar refractivity (Wildman–Crippen MR) is 114 cm³/mol. The molecule has 1 aromatic carbocycles. The molecule has 3 saturated heterocycles. The molecule has 0 saturated carbocycles. The lowest BCUT2D eigenvalue weighted by Gasteiger charge is -2.29. The number of hydrogen-bond acceptors (Lipinski definition) is 7. The van der Waals surface area contributed by atoms with Crippen LogP contribution in [-0.4, -0.2) is 56.9 Å². The molecule has 0 bridgehead atoms. The second kappa shape index (κ2) is 8.44. The fourth-order valence-electron chi connectivity index (χ4n) is 4.80. The molecule has 1 unspecified atom stereocenters. The van der Waals surface area contributed by atoms with Crippen molar-refractivity contribution in [2.45, 2.75) is 56.0 Å². The molecule has 172 valence electrons. The number of aromatic nitrogens is 2. The molecule has 2 N–H and O–H groups in total. The van der Waals surface area contributed by atoms with Crippen LogP contribution in [0, 0.1) is 0 Å². The number of aliphatic hydroxyl groups excluding tert-OH is 1. The van der Waals surface area contributed by atoms with Crippen LogP contribution in [0.3, 0.4) is 0 Å². The number of rotatable bonds is 5. The van der Waals surface area contributed by atoms with E-state index < -0.39 is 56.6 Å². The number of aliphatic hydroxyl groups is 1. The Balaban J connectivity index is 1.40. The van der Waals surface area contributed by atoms with Crippen LogP contribution in [0.4, 0.5) is 4.39 Å². The van der Waals surface area contributed by atoms with Gasteiger partial charge in [-0.2, -0.15) is 0 Å². The van der Waals surface area contributed by atoms with Crippen LogP contribution in [0.25, 0.3) is 0 Å². The summed E-state index contributed by atoms with van der Waals surface area (Å²) in [5.41, 5.74) is -0.948. The summed E-state index contributed by atoms with van der Waals surface area (Å²) in [5, 5.41) is 9.81. The van der Waals surface area contributed by atoms with Gasteiger partial charge in [0, 0.05) is 18.8 Å². The number of aromatic amines is 1. The Hall–Kier alpha value is -1.94. The van der Waals surface area contributed by atoms with Crippen LogP contribution < -0.4 is 11.2 Å². The predicted octanol–water partition coefficient (Wildman–Crippen LogP) is 1.79. The second-order valence-electron chi connectivity index (χ2n) is 8.40. The zero-order valence-corrected chi connectivity index (χ0v) is 18.4. The molecule has 0 amide bonds. The quantitative estimate of drug-likeness (QED) is 0.649. The van der Waals surface area contributed by atoms with E-state index in [1.807, 2.05) is 37.3 Å². The van der Waals surface area contributed by atoms with Gasteiger partial charge in [0.05, 0.1) is 12.6 Å². The fourth-order valence-corrected chi connectivity index (χ4v) is 6.95. The molecule has 3 aliphatic heterocycles. The van der Waals surface area contributed by atoms with Crippen molar-refractivity contribution in [2.24, 2.45) is 0 Å². The third-order valence-corrected chi connectivity index (χ3v) is 8.33. The van der Waals surface area contributed by atoms with Gasteiger partial charge in [-0.15, -0.1) is 0 Å².